The van der Waals surface area contributed by atoms with E-state index >= 15 is 0 Å². The van der Waals surface area contributed by atoms with Gasteiger partial charge in [-0.2, -0.15) is 13.2 Å². The fourth-order valence-electron chi connectivity index (χ4n) is 1.99. The van der Waals surface area contributed by atoms with Gasteiger partial charge in [-0.05, 0) is 30.3 Å². The third kappa shape index (κ3) is 5.04. The summed E-state index contributed by atoms with van der Waals surface area (Å²) < 4.78 is 38.5. The minimum Gasteiger partial charge on any atom is -0.384 e. The number of anilines is 2. The zero-order valence-corrected chi connectivity index (χ0v) is 13.8. The van der Waals surface area contributed by atoms with Crippen molar-refractivity contribution in [1.29, 1.82) is 0 Å². The van der Waals surface area contributed by atoms with Crippen LogP contribution in [-0.2, 0) is 11.0 Å². The summed E-state index contributed by atoms with van der Waals surface area (Å²) in [7, 11) is 0. The molecule has 0 unspecified atom stereocenters. The van der Waals surface area contributed by atoms with Gasteiger partial charge in [0.15, 0.2) is 0 Å². The monoisotopic (exact) mass is 376 g/mol. The van der Waals surface area contributed by atoms with Gasteiger partial charge >= 0.3 is 6.18 Å². The maximum Gasteiger partial charge on any atom is 0.418 e. The van der Waals surface area contributed by atoms with Crippen LogP contribution in [0.2, 0.25) is 10.0 Å². The number of amides is 1. The van der Waals surface area contributed by atoms with E-state index in [9.17, 15) is 18.0 Å². The molecule has 0 radical (unpaired) electrons. The van der Waals surface area contributed by atoms with Crippen molar-refractivity contribution in [3.63, 3.8) is 0 Å². The van der Waals surface area contributed by atoms with Crippen LogP contribution in [0, 0.1) is 0 Å². The van der Waals surface area contributed by atoms with Crippen LogP contribution in [0.3, 0.4) is 0 Å². The Bertz CT molecular complexity index is 736. The summed E-state index contributed by atoms with van der Waals surface area (Å²) in [6.07, 6.45) is -4.46. The lowest BCUT2D eigenvalue weighted by Gasteiger charge is -2.14. The molecule has 0 spiro atoms. The van der Waals surface area contributed by atoms with Crippen molar-refractivity contribution < 1.29 is 18.0 Å². The smallest absolute Gasteiger partial charge is 0.384 e. The number of carbonyl (C=O) groups is 1. The zero-order chi connectivity index (χ0) is 17.7. The van der Waals surface area contributed by atoms with Crippen LogP contribution >= 0.6 is 23.2 Å². The SMILES string of the molecule is O=C(CCNc1ccccc1C(F)(F)F)Nc1ccc(Cl)c(Cl)c1. The van der Waals surface area contributed by atoms with E-state index < -0.39 is 11.7 Å². The minimum absolute atomic E-state index is 0.00750. The first-order valence-electron chi connectivity index (χ1n) is 6.92. The van der Waals surface area contributed by atoms with Gasteiger partial charge < -0.3 is 10.6 Å². The first-order valence-corrected chi connectivity index (χ1v) is 7.68. The third-order valence-corrected chi connectivity index (χ3v) is 3.84. The average molecular weight is 377 g/mol. The Morgan fingerprint density at radius 3 is 2.42 bits per heavy atom. The largest absolute Gasteiger partial charge is 0.418 e. The molecule has 0 bridgehead atoms. The predicted molar refractivity (Wildman–Crippen MR) is 89.6 cm³/mol. The van der Waals surface area contributed by atoms with E-state index in [1.165, 1.54) is 30.3 Å². The highest BCUT2D eigenvalue weighted by atomic mass is 35.5. The Kier molecular flexibility index (Phi) is 5.96. The molecule has 0 aromatic heterocycles. The van der Waals surface area contributed by atoms with E-state index in [1.54, 1.807) is 6.07 Å². The summed E-state index contributed by atoms with van der Waals surface area (Å²) in [6.45, 7) is 0.0558. The molecule has 24 heavy (non-hydrogen) atoms. The Morgan fingerprint density at radius 2 is 1.75 bits per heavy atom. The van der Waals surface area contributed by atoms with Gasteiger partial charge in [-0.15, -0.1) is 0 Å². The van der Waals surface area contributed by atoms with E-state index in [1.807, 2.05) is 0 Å². The molecule has 8 heteroatoms. The van der Waals surface area contributed by atoms with Crippen LogP contribution in [0.25, 0.3) is 0 Å². The van der Waals surface area contributed by atoms with Gasteiger partial charge in [0, 0.05) is 24.3 Å². The number of carbonyl (C=O) groups excluding carboxylic acids is 1. The van der Waals surface area contributed by atoms with Gasteiger partial charge in [-0.1, -0.05) is 35.3 Å². The van der Waals surface area contributed by atoms with E-state index in [0.717, 1.165) is 6.07 Å². The first kappa shape index (κ1) is 18.4. The van der Waals surface area contributed by atoms with Crippen molar-refractivity contribution in [2.24, 2.45) is 0 Å². The highest BCUT2D eigenvalue weighted by Crippen LogP contribution is 2.34. The van der Waals surface area contributed by atoms with Crippen molar-refractivity contribution in [3.8, 4) is 0 Å². The first-order chi connectivity index (χ1) is 11.3. The summed E-state index contributed by atoms with van der Waals surface area (Å²) >= 11 is 11.6. The lowest BCUT2D eigenvalue weighted by molar-refractivity contribution is -0.137. The van der Waals surface area contributed by atoms with Gasteiger partial charge in [-0.25, -0.2) is 0 Å². The summed E-state index contributed by atoms with van der Waals surface area (Å²) in [6, 6.07) is 9.72. The average Bonchev–Trinajstić information content (AvgIpc) is 2.50. The molecular formula is C16H13Cl2F3N2O. The Labute approximate surface area is 146 Å². The third-order valence-electron chi connectivity index (χ3n) is 3.10. The summed E-state index contributed by atoms with van der Waals surface area (Å²) in [5.74, 6) is -0.356. The molecule has 0 saturated carbocycles. The molecule has 2 aromatic rings. The molecule has 0 saturated heterocycles. The van der Waals surface area contributed by atoms with E-state index in [0.29, 0.717) is 15.7 Å². The second kappa shape index (κ2) is 7.77. The highest BCUT2D eigenvalue weighted by Gasteiger charge is 2.32. The molecule has 2 N–H and O–H groups in total. The number of hydrogen-bond acceptors (Lipinski definition) is 2. The lowest BCUT2D eigenvalue weighted by atomic mass is 10.1. The van der Waals surface area contributed by atoms with Gasteiger partial charge in [0.05, 0.1) is 15.6 Å². The van der Waals surface area contributed by atoms with Crippen LogP contribution in [0.1, 0.15) is 12.0 Å². The minimum atomic E-state index is -4.45. The van der Waals surface area contributed by atoms with Crippen LogP contribution in [-0.4, -0.2) is 12.5 Å². The molecule has 0 aliphatic rings. The van der Waals surface area contributed by atoms with Gasteiger partial charge in [-0.3, -0.25) is 4.79 Å². The molecule has 0 heterocycles. The van der Waals surface area contributed by atoms with Crippen molar-refractivity contribution in [1.82, 2.24) is 0 Å². The molecule has 2 rings (SSSR count). The second-order valence-electron chi connectivity index (χ2n) is 4.90. The van der Waals surface area contributed by atoms with Gasteiger partial charge in [0.25, 0.3) is 0 Å². The maximum absolute atomic E-state index is 12.8. The summed E-state index contributed by atoms with van der Waals surface area (Å²) in [5, 5.41) is 5.88. The summed E-state index contributed by atoms with van der Waals surface area (Å²) in [4.78, 5) is 11.8. The number of rotatable bonds is 5. The number of benzene rings is 2. The number of para-hydroxylation sites is 1. The molecule has 2 aromatic carbocycles. The molecule has 0 atom stereocenters. The number of hydrogen-bond donors (Lipinski definition) is 2. The molecule has 0 aliphatic carbocycles. The van der Waals surface area contributed by atoms with Crippen molar-refractivity contribution >= 4 is 40.5 Å². The van der Waals surface area contributed by atoms with E-state index in [2.05, 4.69) is 10.6 Å². The predicted octanol–water partition coefficient (Wildman–Crippen LogP) is 5.45. The Morgan fingerprint density at radius 1 is 1.04 bits per heavy atom. The Balaban J connectivity index is 1.90. The molecule has 3 nitrogen and oxygen atoms in total. The fraction of sp³-hybridized carbons (Fsp3) is 0.188. The number of halogens is 5. The topological polar surface area (TPSA) is 41.1 Å². The van der Waals surface area contributed by atoms with Crippen LogP contribution < -0.4 is 10.6 Å². The standard InChI is InChI=1S/C16H13Cl2F3N2O/c17-12-6-5-10(9-13(12)18)23-15(24)7-8-22-14-4-2-1-3-11(14)16(19,20)21/h1-6,9,22H,7-8H2,(H,23,24). The molecular weight excluding hydrogens is 364 g/mol. The van der Waals surface area contributed by atoms with Crippen molar-refractivity contribution in [2.75, 3.05) is 17.2 Å². The van der Waals surface area contributed by atoms with E-state index in [4.69, 9.17) is 23.2 Å². The van der Waals surface area contributed by atoms with E-state index in [-0.39, 0.29) is 24.6 Å². The van der Waals surface area contributed by atoms with Gasteiger partial charge in [0.1, 0.15) is 0 Å². The summed E-state index contributed by atoms with van der Waals surface area (Å²) in [5.41, 5.74) is -0.368. The van der Waals surface area contributed by atoms with Crippen LogP contribution in [0.5, 0.6) is 0 Å². The molecule has 128 valence electrons. The van der Waals surface area contributed by atoms with Crippen LogP contribution in [0.15, 0.2) is 42.5 Å². The number of alkyl halides is 3. The second-order valence-corrected chi connectivity index (χ2v) is 5.71. The normalized spacial score (nSPS) is 11.2. The van der Waals surface area contributed by atoms with Crippen molar-refractivity contribution in [2.45, 2.75) is 12.6 Å². The molecule has 0 aliphatic heterocycles. The lowest BCUT2D eigenvalue weighted by Crippen LogP contribution is -2.17. The zero-order valence-electron chi connectivity index (χ0n) is 12.3. The van der Waals surface area contributed by atoms with Crippen molar-refractivity contribution in [3.05, 3.63) is 58.1 Å². The fourth-order valence-corrected chi connectivity index (χ4v) is 2.29. The quantitative estimate of drug-likeness (QED) is 0.727. The van der Waals surface area contributed by atoms with Gasteiger partial charge in [0.2, 0.25) is 5.91 Å². The highest BCUT2D eigenvalue weighted by molar-refractivity contribution is 6.42. The molecule has 1 amide bonds. The van der Waals surface area contributed by atoms with Crippen LogP contribution in [0.4, 0.5) is 24.5 Å². The Hall–Kier alpha value is -1.92. The number of nitrogens with one attached hydrogen (secondary N) is 2. The maximum atomic E-state index is 12.8. The molecule has 0 fully saturated rings.